The molecule has 0 saturated carbocycles. The first-order valence-electron chi connectivity index (χ1n) is 9.97. The summed E-state index contributed by atoms with van der Waals surface area (Å²) in [5.74, 6) is -1.86. The molecule has 3 unspecified atom stereocenters. The van der Waals surface area contributed by atoms with E-state index in [2.05, 4.69) is 10.0 Å². The molecule has 1 saturated heterocycles. The number of amides is 2. The fourth-order valence-electron chi connectivity index (χ4n) is 3.05. The third-order valence-electron chi connectivity index (χ3n) is 4.55. The first-order chi connectivity index (χ1) is 15.2. The first-order valence-corrected chi connectivity index (χ1v) is 11.5. The molecule has 1 aliphatic rings. The molecule has 10 heteroatoms. The van der Waals surface area contributed by atoms with E-state index in [1.54, 1.807) is 25.1 Å². The number of anilines is 1. The Kier molecular flexibility index (Phi) is 9.73. The lowest BCUT2D eigenvalue weighted by Gasteiger charge is -2.16. The maximum absolute atomic E-state index is 14.9. The number of benzene rings is 1. The summed E-state index contributed by atoms with van der Waals surface area (Å²) in [6.45, 7) is 3.60. The molecular formula is C22H27F2N3O4S. The van der Waals surface area contributed by atoms with E-state index in [9.17, 15) is 22.6 Å². The zero-order chi connectivity index (χ0) is 23.7. The second-order valence-corrected chi connectivity index (χ2v) is 8.26. The van der Waals surface area contributed by atoms with Crippen molar-refractivity contribution in [1.29, 1.82) is 0 Å². The predicted octanol–water partition coefficient (Wildman–Crippen LogP) is 3.24. The second-order valence-electron chi connectivity index (χ2n) is 7.06. The van der Waals surface area contributed by atoms with Crippen LogP contribution in [0.15, 0.2) is 54.4 Å². The standard InChI is InChI=1S/C22H27F2N3O4S/c1-4-5-16(6-7-17(23)10-11-26-32(3)30)20-9-8-18(12-21(20)24)27-14-19(31-22(27)29)13-25-15(2)28/h4-10,12,16,19,26H,11,13-14H2,1-3H3,(H,25,28)/b5-4-,7-6?,17-10-. The molecule has 0 aromatic heterocycles. The van der Waals surface area contributed by atoms with Gasteiger partial charge in [0.2, 0.25) is 5.91 Å². The molecule has 7 nitrogen and oxygen atoms in total. The minimum atomic E-state index is -1.24. The van der Waals surface area contributed by atoms with Crippen molar-refractivity contribution in [3.05, 3.63) is 65.8 Å². The number of carbonyl (C=O) groups excluding carboxylic acids is 2. The van der Waals surface area contributed by atoms with E-state index in [-0.39, 0.29) is 25.5 Å². The van der Waals surface area contributed by atoms with Gasteiger partial charge in [0.15, 0.2) is 0 Å². The highest BCUT2D eigenvalue weighted by molar-refractivity contribution is 7.82. The van der Waals surface area contributed by atoms with E-state index < -0.39 is 40.7 Å². The van der Waals surface area contributed by atoms with E-state index >= 15 is 0 Å². The first kappa shape index (κ1) is 25.4. The fourth-order valence-corrected chi connectivity index (χ4v) is 3.37. The Bertz CT molecular complexity index is 949. The topological polar surface area (TPSA) is 87.7 Å². The summed E-state index contributed by atoms with van der Waals surface area (Å²) in [7, 11) is -1.24. The number of halogens is 2. The normalized spacial score (nSPS) is 18.9. The zero-order valence-corrected chi connectivity index (χ0v) is 19.0. The third kappa shape index (κ3) is 7.69. The summed E-state index contributed by atoms with van der Waals surface area (Å²) in [6, 6.07) is 4.36. The Morgan fingerprint density at radius 1 is 1.41 bits per heavy atom. The van der Waals surface area contributed by atoms with Crippen LogP contribution in [0.2, 0.25) is 0 Å². The number of hydrogen-bond acceptors (Lipinski definition) is 4. The van der Waals surface area contributed by atoms with Gasteiger partial charge in [-0.3, -0.25) is 9.69 Å². The summed E-state index contributed by atoms with van der Waals surface area (Å²) >= 11 is 0. The molecule has 2 N–H and O–H groups in total. The van der Waals surface area contributed by atoms with Crippen LogP contribution in [-0.2, 0) is 20.5 Å². The van der Waals surface area contributed by atoms with E-state index in [0.717, 1.165) is 0 Å². The number of nitrogens with zero attached hydrogens (tertiary/aromatic N) is 1. The van der Waals surface area contributed by atoms with Gasteiger partial charge in [0, 0.05) is 25.6 Å². The highest BCUT2D eigenvalue weighted by atomic mass is 32.2. The van der Waals surface area contributed by atoms with Gasteiger partial charge in [0.05, 0.1) is 29.8 Å². The largest absolute Gasteiger partial charge is 0.442 e. The molecule has 1 heterocycles. The van der Waals surface area contributed by atoms with Crippen molar-refractivity contribution in [2.75, 3.05) is 30.8 Å². The van der Waals surface area contributed by atoms with Crippen molar-refractivity contribution in [3.63, 3.8) is 0 Å². The predicted molar refractivity (Wildman–Crippen MR) is 121 cm³/mol. The van der Waals surface area contributed by atoms with Crippen molar-refractivity contribution in [2.24, 2.45) is 0 Å². The van der Waals surface area contributed by atoms with Crippen molar-refractivity contribution >= 4 is 28.7 Å². The lowest BCUT2D eigenvalue weighted by molar-refractivity contribution is -0.119. The molecule has 3 atom stereocenters. The van der Waals surface area contributed by atoms with Crippen LogP contribution in [0.3, 0.4) is 0 Å². The Labute approximate surface area is 188 Å². The minimum absolute atomic E-state index is 0.103. The van der Waals surface area contributed by atoms with Crippen LogP contribution in [0.25, 0.3) is 0 Å². The highest BCUT2D eigenvalue weighted by Gasteiger charge is 2.32. The Hall–Kier alpha value is -2.85. The number of ether oxygens (including phenoxy) is 1. The number of allylic oxidation sites excluding steroid dienone is 5. The molecule has 2 amide bonds. The van der Waals surface area contributed by atoms with E-state index in [1.165, 1.54) is 48.4 Å². The summed E-state index contributed by atoms with van der Waals surface area (Å²) in [6.07, 6.45) is 7.73. The molecule has 1 aliphatic heterocycles. The third-order valence-corrected chi connectivity index (χ3v) is 5.13. The monoisotopic (exact) mass is 467 g/mol. The molecule has 1 aromatic rings. The number of hydrogen-bond donors (Lipinski definition) is 2. The quantitative estimate of drug-likeness (QED) is 0.409. The van der Waals surface area contributed by atoms with Crippen LogP contribution in [0.4, 0.5) is 19.3 Å². The molecule has 174 valence electrons. The van der Waals surface area contributed by atoms with Crippen LogP contribution in [-0.4, -0.2) is 48.2 Å². The summed E-state index contributed by atoms with van der Waals surface area (Å²) in [5.41, 5.74) is 0.639. The minimum Gasteiger partial charge on any atom is -0.442 e. The van der Waals surface area contributed by atoms with E-state index in [0.29, 0.717) is 11.3 Å². The van der Waals surface area contributed by atoms with Crippen LogP contribution in [0.5, 0.6) is 0 Å². The number of nitrogens with one attached hydrogen (secondary N) is 2. The smallest absolute Gasteiger partial charge is 0.414 e. The van der Waals surface area contributed by atoms with E-state index in [1.807, 2.05) is 0 Å². The second kappa shape index (κ2) is 12.3. The maximum Gasteiger partial charge on any atom is 0.414 e. The molecule has 1 fully saturated rings. The van der Waals surface area contributed by atoms with Gasteiger partial charge in [-0.2, -0.15) is 0 Å². The molecule has 0 radical (unpaired) electrons. The van der Waals surface area contributed by atoms with Gasteiger partial charge < -0.3 is 10.1 Å². The van der Waals surface area contributed by atoms with Gasteiger partial charge in [0.25, 0.3) is 0 Å². The van der Waals surface area contributed by atoms with Gasteiger partial charge in [-0.05, 0) is 36.8 Å². The lowest BCUT2D eigenvalue weighted by atomic mass is 9.96. The molecular weight excluding hydrogens is 440 g/mol. The van der Waals surface area contributed by atoms with Crippen LogP contribution >= 0.6 is 0 Å². The van der Waals surface area contributed by atoms with Crippen molar-refractivity contribution in [1.82, 2.24) is 10.0 Å². The summed E-state index contributed by atoms with van der Waals surface area (Å²) < 4.78 is 47.6. The fraction of sp³-hybridized carbons (Fsp3) is 0.364. The summed E-state index contributed by atoms with van der Waals surface area (Å²) in [4.78, 5) is 24.5. The average Bonchev–Trinajstić information content (AvgIpc) is 3.10. The molecule has 0 bridgehead atoms. The SMILES string of the molecule is C/C=C\C(C=C/C(F)=C/CNS(C)=O)c1ccc(N2CC(CNC(C)=O)OC2=O)cc1F. The molecule has 1 aromatic carbocycles. The average molecular weight is 468 g/mol. The van der Waals surface area contributed by atoms with Gasteiger partial charge >= 0.3 is 6.09 Å². The highest BCUT2D eigenvalue weighted by Crippen LogP contribution is 2.29. The molecule has 0 aliphatic carbocycles. The molecule has 2 rings (SSSR count). The Balaban J connectivity index is 2.14. The van der Waals surface area contributed by atoms with Crippen LogP contribution in [0.1, 0.15) is 25.3 Å². The molecule has 0 spiro atoms. The summed E-state index contributed by atoms with van der Waals surface area (Å²) in [5, 5.41) is 2.58. The number of cyclic esters (lactones) is 1. The Morgan fingerprint density at radius 2 is 2.16 bits per heavy atom. The van der Waals surface area contributed by atoms with E-state index in [4.69, 9.17) is 4.74 Å². The Morgan fingerprint density at radius 3 is 2.78 bits per heavy atom. The van der Waals surface area contributed by atoms with Crippen molar-refractivity contribution in [3.8, 4) is 0 Å². The van der Waals surface area contributed by atoms with Gasteiger partial charge in [0.1, 0.15) is 17.7 Å². The number of rotatable bonds is 10. The van der Waals surface area contributed by atoms with Crippen molar-refractivity contribution < 1.29 is 27.3 Å². The van der Waals surface area contributed by atoms with Crippen LogP contribution in [0, 0.1) is 5.82 Å². The van der Waals surface area contributed by atoms with Crippen LogP contribution < -0.4 is 14.9 Å². The maximum atomic E-state index is 14.9. The van der Waals surface area contributed by atoms with Crippen molar-refractivity contribution in [2.45, 2.75) is 25.9 Å². The van der Waals surface area contributed by atoms with Gasteiger partial charge in [-0.15, -0.1) is 0 Å². The zero-order valence-electron chi connectivity index (χ0n) is 18.1. The van der Waals surface area contributed by atoms with Gasteiger partial charge in [-0.1, -0.05) is 24.3 Å². The van der Waals surface area contributed by atoms with Gasteiger partial charge in [-0.25, -0.2) is 22.5 Å². The number of carbonyl (C=O) groups is 2. The lowest BCUT2D eigenvalue weighted by Crippen LogP contribution is -2.33. The molecule has 32 heavy (non-hydrogen) atoms.